The number of alkyl halides is 9. The number of carboxylic acids is 1. The Kier molecular flexibility index (Phi) is 10.1. The van der Waals surface area contributed by atoms with Gasteiger partial charge in [-0.05, 0) is 19.3 Å². The van der Waals surface area contributed by atoms with E-state index in [1.165, 1.54) is 0 Å². The van der Waals surface area contributed by atoms with E-state index in [2.05, 4.69) is 0 Å². The van der Waals surface area contributed by atoms with Crippen LogP contribution in [0.2, 0.25) is 0 Å². The first-order chi connectivity index (χ1) is 12.6. The number of carboxylic acid groups (broad SMARTS) is 1. The van der Waals surface area contributed by atoms with Gasteiger partial charge in [-0.1, -0.05) is 45.4 Å². The van der Waals surface area contributed by atoms with E-state index in [0.717, 1.165) is 25.7 Å². The standard InChI is InChI=1S/C17H25F9O2/c1-2-3-4-5-6-7-9-12(13(27)28)10-8-11-14(18,19)15(20,21)16(22,23)17(24,25)26/h12H,2-11H2,1H3,(H,27,28). The van der Waals surface area contributed by atoms with E-state index in [1.807, 2.05) is 6.92 Å². The van der Waals surface area contributed by atoms with Crippen molar-refractivity contribution in [3.63, 3.8) is 0 Å². The molecule has 168 valence electrons. The second kappa shape index (κ2) is 10.6. The molecule has 0 aromatic carbocycles. The molecule has 11 heteroatoms. The highest BCUT2D eigenvalue weighted by molar-refractivity contribution is 5.69. The van der Waals surface area contributed by atoms with Crippen LogP contribution in [0.4, 0.5) is 39.5 Å². The lowest BCUT2D eigenvalue weighted by Crippen LogP contribution is -2.60. The number of aliphatic carboxylic acids is 1. The molecular formula is C17H25F9O2. The Labute approximate surface area is 157 Å². The Hall–Kier alpha value is -1.16. The van der Waals surface area contributed by atoms with Gasteiger partial charge in [0, 0.05) is 6.42 Å². The van der Waals surface area contributed by atoms with Gasteiger partial charge in [-0.25, -0.2) is 0 Å². The third kappa shape index (κ3) is 7.02. The molecule has 1 unspecified atom stereocenters. The number of halogens is 9. The molecule has 0 aliphatic heterocycles. The zero-order chi connectivity index (χ0) is 22.2. The summed E-state index contributed by atoms with van der Waals surface area (Å²) >= 11 is 0. The molecule has 1 atom stereocenters. The van der Waals surface area contributed by atoms with Gasteiger partial charge in [0.25, 0.3) is 0 Å². The second-order valence-corrected chi connectivity index (χ2v) is 6.83. The molecule has 0 aromatic rings. The second-order valence-electron chi connectivity index (χ2n) is 6.83. The van der Waals surface area contributed by atoms with Crippen LogP contribution in [0.3, 0.4) is 0 Å². The third-order valence-electron chi connectivity index (χ3n) is 4.51. The van der Waals surface area contributed by atoms with Crippen molar-refractivity contribution < 1.29 is 49.4 Å². The van der Waals surface area contributed by atoms with E-state index in [4.69, 9.17) is 5.11 Å². The molecule has 1 N–H and O–H groups in total. The van der Waals surface area contributed by atoms with E-state index >= 15 is 0 Å². The fourth-order valence-corrected chi connectivity index (χ4v) is 2.70. The summed E-state index contributed by atoms with van der Waals surface area (Å²) in [6.45, 7) is 2.00. The Morgan fingerprint density at radius 3 is 1.68 bits per heavy atom. The molecule has 0 aromatic heterocycles. The highest BCUT2D eigenvalue weighted by Gasteiger charge is 2.81. The Balaban J connectivity index is 4.71. The maximum absolute atomic E-state index is 13.4. The van der Waals surface area contributed by atoms with E-state index in [0.29, 0.717) is 12.8 Å². The summed E-state index contributed by atoms with van der Waals surface area (Å²) in [4.78, 5) is 11.1. The quantitative estimate of drug-likeness (QED) is 0.235. The smallest absolute Gasteiger partial charge is 0.460 e. The van der Waals surface area contributed by atoms with Crippen LogP contribution in [0.1, 0.15) is 71.1 Å². The van der Waals surface area contributed by atoms with Crippen LogP contribution in [-0.2, 0) is 4.79 Å². The molecule has 0 saturated carbocycles. The number of rotatable bonds is 14. The predicted molar refractivity (Wildman–Crippen MR) is 83.9 cm³/mol. The predicted octanol–water partition coefficient (Wildman–Crippen LogP) is 7.08. The molecule has 28 heavy (non-hydrogen) atoms. The molecule has 2 nitrogen and oxygen atoms in total. The lowest BCUT2D eigenvalue weighted by molar-refractivity contribution is -0.396. The first-order valence-electron chi connectivity index (χ1n) is 9.04. The van der Waals surface area contributed by atoms with Gasteiger partial charge < -0.3 is 5.11 Å². The van der Waals surface area contributed by atoms with Crippen molar-refractivity contribution in [3.05, 3.63) is 0 Å². The average Bonchev–Trinajstić information content (AvgIpc) is 2.54. The third-order valence-corrected chi connectivity index (χ3v) is 4.51. The molecule has 0 bridgehead atoms. The zero-order valence-corrected chi connectivity index (χ0v) is 15.4. The Morgan fingerprint density at radius 2 is 1.21 bits per heavy atom. The van der Waals surface area contributed by atoms with Gasteiger partial charge in [0.05, 0.1) is 5.92 Å². The van der Waals surface area contributed by atoms with Crippen LogP contribution in [-0.4, -0.2) is 35.0 Å². The monoisotopic (exact) mass is 432 g/mol. The minimum atomic E-state index is -6.91. The van der Waals surface area contributed by atoms with Gasteiger partial charge in [-0.2, -0.15) is 39.5 Å². The molecule has 0 spiro atoms. The average molecular weight is 432 g/mol. The Morgan fingerprint density at radius 1 is 0.750 bits per heavy atom. The van der Waals surface area contributed by atoms with Crippen molar-refractivity contribution in [2.24, 2.45) is 5.92 Å². The van der Waals surface area contributed by atoms with Crippen LogP contribution in [0.15, 0.2) is 0 Å². The van der Waals surface area contributed by atoms with E-state index in [-0.39, 0.29) is 6.42 Å². The molecular weight excluding hydrogens is 407 g/mol. The summed E-state index contributed by atoms with van der Waals surface area (Å²) in [5, 5.41) is 9.03. The molecule has 0 amide bonds. The fraction of sp³-hybridized carbons (Fsp3) is 0.941. The van der Waals surface area contributed by atoms with E-state index < -0.39 is 55.1 Å². The molecule has 0 fully saturated rings. The van der Waals surface area contributed by atoms with Crippen LogP contribution >= 0.6 is 0 Å². The van der Waals surface area contributed by atoms with Crippen molar-refractivity contribution in [2.45, 2.75) is 95.1 Å². The van der Waals surface area contributed by atoms with Crippen molar-refractivity contribution in [1.29, 1.82) is 0 Å². The van der Waals surface area contributed by atoms with Crippen LogP contribution in [0, 0.1) is 5.92 Å². The van der Waals surface area contributed by atoms with Gasteiger partial charge in [-0.15, -0.1) is 0 Å². The summed E-state index contributed by atoms with van der Waals surface area (Å²) < 4.78 is 115. The van der Waals surface area contributed by atoms with Gasteiger partial charge in [-0.3, -0.25) is 4.79 Å². The molecule has 0 aliphatic carbocycles. The van der Waals surface area contributed by atoms with Gasteiger partial charge >= 0.3 is 29.9 Å². The topological polar surface area (TPSA) is 37.3 Å². The maximum atomic E-state index is 13.4. The van der Waals surface area contributed by atoms with Crippen LogP contribution in [0.5, 0.6) is 0 Å². The van der Waals surface area contributed by atoms with Crippen molar-refractivity contribution >= 4 is 5.97 Å². The minimum absolute atomic E-state index is 0.0854. The summed E-state index contributed by atoms with van der Waals surface area (Å²) in [5.41, 5.74) is 0. The summed E-state index contributed by atoms with van der Waals surface area (Å²) in [6, 6.07) is 0. The number of hydrogen-bond donors (Lipinski definition) is 1. The number of hydrogen-bond acceptors (Lipinski definition) is 1. The molecule has 0 radical (unpaired) electrons. The maximum Gasteiger partial charge on any atom is 0.460 e. The van der Waals surface area contributed by atoms with Crippen molar-refractivity contribution in [2.75, 3.05) is 0 Å². The normalized spacial score (nSPS) is 14.9. The van der Waals surface area contributed by atoms with Crippen LogP contribution < -0.4 is 0 Å². The van der Waals surface area contributed by atoms with Crippen LogP contribution in [0.25, 0.3) is 0 Å². The number of unbranched alkanes of at least 4 members (excludes halogenated alkanes) is 5. The summed E-state index contributed by atoms with van der Waals surface area (Å²) in [5.74, 6) is -21.7. The highest BCUT2D eigenvalue weighted by Crippen LogP contribution is 2.54. The molecule has 0 heterocycles. The van der Waals surface area contributed by atoms with E-state index in [1.54, 1.807) is 0 Å². The fourth-order valence-electron chi connectivity index (χ4n) is 2.70. The Bertz CT molecular complexity index is 476. The summed E-state index contributed by atoms with van der Waals surface area (Å²) in [6.07, 6.45) is -5.24. The molecule has 0 rings (SSSR count). The largest absolute Gasteiger partial charge is 0.481 e. The van der Waals surface area contributed by atoms with Crippen molar-refractivity contribution in [1.82, 2.24) is 0 Å². The lowest BCUT2D eigenvalue weighted by atomic mass is 9.92. The molecule has 0 aliphatic rings. The lowest BCUT2D eigenvalue weighted by Gasteiger charge is -2.33. The summed E-state index contributed by atoms with van der Waals surface area (Å²) in [7, 11) is 0. The van der Waals surface area contributed by atoms with Gasteiger partial charge in [0.15, 0.2) is 0 Å². The number of carbonyl (C=O) groups is 1. The van der Waals surface area contributed by atoms with E-state index in [9.17, 15) is 44.3 Å². The van der Waals surface area contributed by atoms with Gasteiger partial charge in [0.2, 0.25) is 0 Å². The van der Waals surface area contributed by atoms with Gasteiger partial charge in [0.1, 0.15) is 0 Å². The SMILES string of the molecule is CCCCCCCCC(CCCC(F)(F)C(F)(F)C(F)(F)C(F)(F)F)C(=O)O. The highest BCUT2D eigenvalue weighted by atomic mass is 19.4. The first kappa shape index (κ1) is 26.8. The molecule has 0 saturated heterocycles. The zero-order valence-electron chi connectivity index (χ0n) is 15.4. The minimum Gasteiger partial charge on any atom is -0.481 e. The van der Waals surface area contributed by atoms with Crippen molar-refractivity contribution in [3.8, 4) is 0 Å². The first-order valence-corrected chi connectivity index (χ1v) is 9.04.